The number of thiophene rings is 1. The summed E-state index contributed by atoms with van der Waals surface area (Å²) < 4.78 is 5.53. The molecule has 0 spiro atoms. The number of fused-ring (bicyclic) bond motifs is 3. The molecule has 0 saturated carbocycles. The van der Waals surface area contributed by atoms with Gasteiger partial charge in [-0.3, -0.25) is 0 Å². The Morgan fingerprint density at radius 1 is 0.926 bits per heavy atom. The molecule has 27 heavy (non-hydrogen) atoms. The van der Waals surface area contributed by atoms with Crippen LogP contribution in [0.3, 0.4) is 0 Å². The van der Waals surface area contributed by atoms with Crippen LogP contribution in [0.1, 0.15) is 54.8 Å². The molecule has 0 bridgehead atoms. The number of aromatic nitrogens is 2. The summed E-state index contributed by atoms with van der Waals surface area (Å²) in [5, 5.41) is 1.40. The molecule has 0 atom stereocenters. The Hall–Kier alpha value is -1.24. The first-order valence-electron chi connectivity index (χ1n) is 10.9. The summed E-state index contributed by atoms with van der Waals surface area (Å²) >= 11 is 1.94. The lowest BCUT2D eigenvalue weighted by Gasteiger charge is -2.28. The number of rotatable bonds is 3. The van der Waals surface area contributed by atoms with E-state index in [1.54, 1.807) is 15.3 Å². The minimum absolute atomic E-state index is 0.865. The Morgan fingerprint density at radius 2 is 1.70 bits per heavy atom. The Kier molecular flexibility index (Phi) is 5.29. The van der Waals surface area contributed by atoms with Crippen LogP contribution >= 0.6 is 11.3 Å². The molecule has 2 aromatic rings. The van der Waals surface area contributed by atoms with Crippen LogP contribution < -0.4 is 9.80 Å². The highest BCUT2D eigenvalue weighted by molar-refractivity contribution is 7.19. The number of hydrogen-bond acceptors (Lipinski definition) is 5. The maximum absolute atomic E-state index is 5.53. The Bertz CT molecular complexity index is 791. The summed E-state index contributed by atoms with van der Waals surface area (Å²) in [4.78, 5) is 17.2. The van der Waals surface area contributed by atoms with E-state index in [0.717, 1.165) is 51.8 Å². The van der Waals surface area contributed by atoms with Gasteiger partial charge in [-0.15, -0.1) is 11.3 Å². The third-order valence-corrected chi connectivity index (χ3v) is 7.54. The van der Waals surface area contributed by atoms with E-state index >= 15 is 0 Å². The zero-order chi connectivity index (χ0) is 18.1. The number of nitrogens with one attached hydrogen (secondary N) is 1. The van der Waals surface area contributed by atoms with Crippen molar-refractivity contribution < 1.29 is 9.64 Å². The fourth-order valence-electron chi connectivity index (χ4n) is 4.85. The predicted octanol–water partition coefficient (Wildman–Crippen LogP) is 2.37. The lowest BCUT2D eigenvalue weighted by molar-refractivity contribution is -0.922. The van der Waals surface area contributed by atoms with Gasteiger partial charge in [0.15, 0.2) is 5.82 Å². The monoisotopic (exact) mass is 387 g/mol. The quantitative estimate of drug-likeness (QED) is 0.878. The Labute approximate surface area is 165 Å². The van der Waals surface area contributed by atoms with Crippen LogP contribution in [0.25, 0.3) is 10.2 Å². The van der Waals surface area contributed by atoms with Gasteiger partial charge in [0.1, 0.15) is 30.3 Å². The van der Waals surface area contributed by atoms with Crippen LogP contribution in [-0.4, -0.2) is 49.4 Å². The number of quaternary nitrogens is 1. The van der Waals surface area contributed by atoms with Crippen LogP contribution in [0.5, 0.6) is 0 Å². The highest BCUT2D eigenvalue weighted by Crippen LogP contribution is 2.40. The molecule has 2 saturated heterocycles. The summed E-state index contributed by atoms with van der Waals surface area (Å²) in [6.07, 6.45) is 10.5. The number of hydrogen-bond donors (Lipinski definition) is 1. The van der Waals surface area contributed by atoms with Crippen LogP contribution in [0, 0.1) is 0 Å². The average Bonchev–Trinajstić information content (AvgIpc) is 3.22. The normalized spacial score (nSPS) is 22.0. The molecule has 1 N–H and O–H groups in total. The Morgan fingerprint density at radius 3 is 2.52 bits per heavy atom. The van der Waals surface area contributed by atoms with Gasteiger partial charge in [0.05, 0.1) is 18.6 Å². The van der Waals surface area contributed by atoms with E-state index in [9.17, 15) is 0 Å². The molecule has 6 heteroatoms. The highest BCUT2D eigenvalue weighted by Gasteiger charge is 2.26. The molecule has 2 aromatic heterocycles. The van der Waals surface area contributed by atoms with Crippen LogP contribution in [0.2, 0.25) is 0 Å². The van der Waals surface area contributed by atoms with E-state index < -0.39 is 0 Å². The number of morpholine rings is 1. The lowest BCUT2D eigenvalue weighted by Crippen LogP contribution is -3.12. The Balaban J connectivity index is 1.53. The zero-order valence-corrected chi connectivity index (χ0v) is 17.1. The third-order valence-electron chi connectivity index (χ3n) is 6.36. The highest BCUT2D eigenvalue weighted by atomic mass is 32.1. The van der Waals surface area contributed by atoms with Gasteiger partial charge in [-0.1, -0.05) is 19.3 Å². The molecular weight excluding hydrogens is 356 g/mol. The molecule has 0 radical (unpaired) electrons. The summed E-state index contributed by atoms with van der Waals surface area (Å²) in [5.74, 6) is 2.29. The first kappa shape index (κ1) is 17.8. The lowest BCUT2D eigenvalue weighted by atomic mass is 10.1. The molecule has 2 aliphatic heterocycles. The molecule has 1 aliphatic carbocycles. The van der Waals surface area contributed by atoms with Crippen molar-refractivity contribution in [3.05, 3.63) is 16.3 Å². The molecule has 4 heterocycles. The van der Waals surface area contributed by atoms with Gasteiger partial charge in [0.25, 0.3) is 0 Å². The van der Waals surface area contributed by atoms with E-state index in [1.165, 1.54) is 67.4 Å². The predicted molar refractivity (Wildman–Crippen MR) is 110 cm³/mol. The number of nitrogens with zero attached hydrogens (tertiary/aromatic N) is 3. The van der Waals surface area contributed by atoms with Crippen LogP contribution in [0.15, 0.2) is 0 Å². The van der Waals surface area contributed by atoms with Crippen molar-refractivity contribution in [3.63, 3.8) is 0 Å². The summed E-state index contributed by atoms with van der Waals surface area (Å²) in [7, 11) is 0. The van der Waals surface area contributed by atoms with Gasteiger partial charge >= 0.3 is 0 Å². The first-order chi connectivity index (χ1) is 13.4. The van der Waals surface area contributed by atoms with Crippen LogP contribution in [-0.2, 0) is 24.1 Å². The second-order valence-corrected chi connectivity index (χ2v) is 9.38. The maximum Gasteiger partial charge on any atom is 0.187 e. The van der Waals surface area contributed by atoms with Gasteiger partial charge in [-0.2, -0.15) is 0 Å². The smallest absolute Gasteiger partial charge is 0.187 e. The molecule has 3 aliphatic rings. The summed E-state index contributed by atoms with van der Waals surface area (Å²) in [6.45, 7) is 7.11. The van der Waals surface area contributed by atoms with E-state index in [2.05, 4.69) is 4.90 Å². The SMILES string of the molecule is C1CCCN(c2nc(C[NH+]3CCOCC3)nc3sc4c(c23)CCC4)CCC1. The van der Waals surface area contributed by atoms with Crippen molar-refractivity contribution in [2.45, 2.75) is 57.9 Å². The standard InChI is InChI=1S/C21H30N4OS/c1-2-4-9-25(10-5-3-1)20-19-16-7-6-8-17(16)27-21(19)23-18(22-20)15-24-11-13-26-14-12-24/h1-15H2/p+1. The minimum Gasteiger partial charge on any atom is -0.370 e. The zero-order valence-electron chi connectivity index (χ0n) is 16.3. The number of aryl methyl sites for hydroxylation is 2. The maximum atomic E-state index is 5.53. The third kappa shape index (κ3) is 3.71. The molecule has 5 nitrogen and oxygen atoms in total. The van der Waals surface area contributed by atoms with E-state index in [1.807, 2.05) is 11.3 Å². The summed E-state index contributed by atoms with van der Waals surface area (Å²) in [5.41, 5.74) is 1.57. The fourth-order valence-corrected chi connectivity index (χ4v) is 6.12. The van der Waals surface area contributed by atoms with Crippen molar-refractivity contribution in [2.24, 2.45) is 0 Å². The molecule has 5 rings (SSSR count). The second kappa shape index (κ2) is 8.02. The van der Waals surface area contributed by atoms with Crippen molar-refractivity contribution in [2.75, 3.05) is 44.3 Å². The number of ether oxygens (including phenoxy) is 1. The van der Waals surface area contributed by atoms with Crippen molar-refractivity contribution in [3.8, 4) is 0 Å². The van der Waals surface area contributed by atoms with Crippen LogP contribution in [0.4, 0.5) is 5.82 Å². The second-order valence-electron chi connectivity index (χ2n) is 8.29. The van der Waals surface area contributed by atoms with Gasteiger partial charge < -0.3 is 14.5 Å². The number of anilines is 1. The van der Waals surface area contributed by atoms with Crippen molar-refractivity contribution in [1.82, 2.24) is 9.97 Å². The molecule has 146 valence electrons. The van der Waals surface area contributed by atoms with E-state index in [0.29, 0.717) is 0 Å². The van der Waals surface area contributed by atoms with Gasteiger partial charge in [-0.25, -0.2) is 9.97 Å². The van der Waals surface area contributed by atoms with Crippen molar-refractivity contribution >= 4 is 27.4 Å². The summed E-state index contributed by atoms with van der Waals surface area (Å²) in [6, 6.07) is 0. The molecule has 2 fully saturated rings. The molecular formula is C21H31N4OS+. The first-order valence-corrected chi connectivity index (χ1v) is 11.7. The minimum atomic E-state index is 0.865. The van der Waals surface area contributed by atoms with E-state index in [-0.39, 0.29) is 0 Å². The van der Waals surface area contributed by atoms with Gasteiger partial charge in [0.2, 0.25) is 0 Å². The van der Waals surface area contributed by atoms with Crippen molar-refractivity contribution in [1.29, 1.82) is 0 Å². The van der Waals surface area contributed by atoms with Gasteiger partial charge in [-0.05, 0) is 37.7 Å². The molecule has 0 aromatic carbocycles. The molecule has 0 unspecified atom stereocenters. The van der Waals surface area contributed by atoms with E-state index in [4.69, 9.17) is 14.7 Å². The largest absolute Gasteiger partial charge is 0.370 e. The molecule has 0 amide bonds. The average molecular weight is 388 g/mol. The van der Waals surface area contributed by atoms with Gasteiger partial charge in [0, 0.05) is 18.0 Å². The fraction of sp³-hybridized carbons (Fsp3) is 0.714. The topological polar surface area (TPSA) is 42.7 Å².